The Kier molecular flexibility index (Phi) is 3.00. The van der Waals surface area contributed by atoms with Gasteiger partial charge in [0, 0.05) is 14.4 Å². The van der Waals surface area contributed by atoms with Gasteiger partial charge in [-0.1, -0.05) is 63.9 Å². The van der Waals surface area contributed by atoms with Crippen molar-refractivity contribution in [3.63, 3.8) is 0 Å². The summed E-state index contributed by atoms with van der Waals surface area (Å²) >= 11 is 7.39. The molecule has 0 radical (unpaired) electrons. The van der Waals surface area contributed by atoms with Gasteiger partial charge in [-0.3, -0.25) is 0 Å². The van der Waals surface area contributed by atoms with E-state index < -0.39 is 0 Å². The van der Waals surface area contributed by atoms with Crippen molar-refractivity contribution >= 4 is 37.4 Å². The molecule has 0 saturated heterocycles. The largest absolute Gasteiger partial charge is 0.0795 e. The van der Waals surface area contributed by atoms with Crippen LogP contribution in [0.4, 0.5) is 0 Å². The number of fused-ring (bicyclic) bond motifs is 2. The van der Waals surface area contributed by atoms with E-state index in [1.165, 1.54) is 37.9 Å². The molecule has 0 aliphatic heterocycles. The van der Waals surface area contributed by atoms with Crippen LogP contribution >= 0.6 is 31.9 Å². The molecular weight excluding hydrogens is 388 g/mol. The third kappa shape index (κ3) is 1.85. The van der Waals surface area contributed by atoms with E-state index in [0.717, 1.165) is 17.3 Å². The van der Waals surface area contributed by atoms with Crippen LogP contribution in [0.25, 0.3) is 16.7 Å². The van der Waals surface area contributed by atoms with Gasteiger partial charge < -0.3 is 0 Å². The number of hydrogen-bond acceptors (Lipinski definition) is 0. The summed E-state index contributed by atoms with van der Waals surface area (Å²) in [5.74, 6) is 0. The standard InChI is InChI=1S/C19H16Br2/c1-19(2)15-5-3-4-14-17(21)9-8-13(18(14)15)12-7-6-11(20)10-16(12)19/h5-10H,3-4H2,1-2H3. The number of rotatable bonds is 0. The first-order chi connectivity index (χ1) is 10.00. The third-order valence-electron chi connectivity index (χ3n) is 4.89. The molecule has 2 aromatic carbocycles. The van der Waals surface area contributed by atoms with Gasteiger partial charge in [0.15, 0.2) is 0 Å². The van der Waals surface area contributed by atoms with Gasteiger partial charge in [-0.2, -0.15) is 0 Å². The first-order valence-corrected chi connectivity index (χ1v) is 8.91. The Morgan fingerprint density at radius 2 is 1.76 bits per heavy atom. The molecule has 2 heteroatoms. The molecule has 2 aromatic rings. The predicted octanol–water partition coefficient (Wildman–Crippen LogP) is 6.50. The van der Waals surface area contributed by atoms with Crippen molar-refractivity contribution in [2.75, 3.05) is 0 Å². The van der Waals surface area contributed by atoms with Crippen LogP contribution in [0, 0.1) is 0 Å². The van der Waals surface area contributed by atoms with Gasteiger partial charge >= 0.3 is 0 Å². The molecule has 0 bridgehead atoms. The first kappa shape index (κ1) is 13.8. The maximum atomic E-state index is 3.75. The lowest BCUT2D eigenvalue weighted by atomic mass is 9.64. The van der Waals surface area contributed by atoms with Crippen LogP contribution < -0.4 is 0 Å². The van der Waals surface area contributed by atoms with Crippen molar-refractivity contribution in [3.05, 3.63) is 62.0 Å². The summed E-state index contributed by atoms with van der Waals surface area (Å²) in [4.78, 5) is 0. The lowest BCUT2D eigenvalue weighted by Gasteiger charge is -2.40. The molecule has 0 fully saturated rings. The zero-order chi connectivity index (χ0) is 14.8. The second-order valence-electron chi connectivity index (χ2n) is 6.42. The minimum Gasteiger partial charge on any atom is -0.0795 e. The van der Waals surface area contributed by atoms with Crippen molar-refractivity contribution < 1.29 is 0 Å². The highest BCUT2D eigenvalue weighted by Gasteiger charge is 2.38. The highest BCUT2D eigenvalue weighted by molar-refractivity contribution is 9.10. The molecule has 0 spiro atoms. The minimum atomic E-state index is 0.0576. The molecule has 21 heavy (non-hydrogen) atoms. The van der Waals surface area contributed by atoms with Crippen molar-refractivity contribution in [1.82, 2.24) is 0 Å². The average molecular weight is 404 g/mol. The Balaban J connectivity index is 2.16. The highest BCUT2D eigenvalue weighted by Crippen LogP contribution is 2.53. The summed E-state index contributed by atoms with van der Waals surface area (Å²) in [6.07, 6.45) is 4.72. The quantitative estimate of drug-likeness (QED) is 0.470. The van der Waals surface area contributed by atoms with E-state index in [9.17, 15) is 0 Å². The SMILES string of the molecule is CC1(C)C2=CCCc3c(Br)ccc(c32)-c2ccc(Br)cc21. The second kappa shape index (κ2) is 4.57. The van der Waals surface area contributed by atoms with Gasteiger partial charge in [-0.15, -0.1) is 0 Å². The van der Waals surface area contributed by atoms with Crippen LogP contribution in [0.1, 0.15) is 37.0 Å². The molecule has 106 valence electrons. The number of hydrogen-bond donors (Lipinski definition) is 0. The molecule has 0 atom stereocenters. The van der Waals surface area contributed by atoms with Crippen LogP contribution in [0.2, 0.25) is 0 Å². The Hall–Kier alpha value is -0.860. The topological polar surface area (TPSA) is 0 Å². The Bertz CT molecular complexity index is 797. The monoisotopic (exact) mass is 402 g/mol. The molecule has 2 aliphatic carbocycles. The Labute approximate surface area is 142 Å². The number of allylic oxidation sites excluding steroid dienone is 2. The fraction of sp³-hybridized carbons (Fsp3) is 0.263. The Morgan fingerprint density at radius 1 is 1.00 bits per heavy atom. The molecular formula is C19H16Br2. The molecule has 0 saturated carbocycles. The molecule has 0 N–H and O–H groups in total. The fourth-order valence-electron chi connectivity index (χ4n) is 3.84. The van der Waals surface area contributed by atoms with Gasteiger partial charge in [-0.05, 0) is 64.4 Å². The molecule has 0 heterocycles. The van der Waals surface area contributed by atoms with E-state index in [0.29, 0.717) is 0 Å². The Morgan fingerprint density at radius 3 is 2.57 bits per heavy atom. The lowest BCUT2D eigenvalue weighted by molar-refractivity contribution is 0.678. The van der Waals surface area contributed by atoms with Crippen LogP contribution in [-0.2, 0) is 11.8 Å². The summed E-state index contributed by atoms with van der Waals surface area (Å²) in [5, 5.41) is 0. The van der Waals surface area contributed by atoms with E-state index in [4.69, 9.17) is 0 Å². The fourth-order valence-corrected chi connectivity index (χ4v) is 4.73. The van der Waals surface area contributed by atoms with Gasteiger partial charge in [-0.25, -0.2) is 0 Å². The molecule has 2 aliphatic rings. The average Bonchev–Trinajstić information content (AvgIpc) is 2.47. The number of benzene rings is 2. The van der Waals surface area contributed by atoms with Crippen molar-refractivity contribution in [3.8, 4) is 11.1 Å². The highest BCUT2D eigenvalue weighted by atomic mass is 79.9. The maximum absolute atomic E-state index is 3.75. The minimum absolute atomic E-state index is 0.0576. The maximum Gasteiger partial charge on any atom is 0.0213 e. The summed E-state index contributed by atoms with van der Waals surface area (Å²) in [6, 6.07) is 11.2. The lowest BCUT2D eigenvalue weighted by Crippen LogP contribution is -2.27. The first-order valence-electron chi connectivity index (χ1n) is 7.33. The van der Waals surface area contributed by atoms with E-state index >= 15 is 0 Å². The van der Waals surface area contributed by atoms with Crippen LogP contribution in [0.3, 0.4) is 0 Å². The van der Waals surface area contributed by atoms with Crippen molar-refractivity contribution in [1.29, 1.82) is 0 Å². The van der Waals surface area contributed by atoms with E-state index in [1.54, 1.807) is 0 Å². The van der Waals surface area contributed by atoms with Gasteiger partial charge in [0.25, 0.3) is 0 Å². The molecule has 0 unspecified atom stereocenters. The normalized spacial score (nSPS) is 17.8. The third-order valence-corrected chi connectivity index (χ3v) is 6.12. The van der Waals surface area contributed by atoms with Crippen LogP contribution in [0.15, 0.2) is 45.4 Å². The zero-order valence-electron chi connectivity index (χ0n) is 12.1. The second-order valence-corrected chi connectivity index (χ2v) is 8.19. The van der Waals surface area contributed by atoms with Gasteiger partial charge in [0.2, 0.25) is 0 Å². The van der Waals surface area contributed by atoms with Gasteiger partial charge in [0.05, 0.1) is 0 Å². The van der Waals surface area contributed by atoms with Gasteiger partial charge in [0.1, 0.15) is 0 Å². The summed E-state index contributed by atoms with van der Waals surface area (Å²) in [7, 11) is 0. The summed E-state index contributed by atoms with van der Waals surface area (Å²) in [6.45, 7) is 4.70. The van der Waals surface area contributed by atoms with Crippen molar-refractivity contribution in [2.45, 2.75) is 32.1 Å². The van der Waals surface area contributed by atoms with E-state index in [1.807, 2.05) is 0 Å². The van der Waals surface area contributed by atoms with Crippen LogP contribution in [0.5, 0.6) is 0 Å². The smallest absolute Gasteiger partial charge is 0.0213 e. The zero-order valence-corrected chi connectivity index (χ0v) is 15.3. The van der Waals surface area contributed by atoms with Crippen LogP contribution in [-0.4, -0.2) is 0 Å². The van der Waals surface area contributed by atoms with E-state index in [-0.39, 0.29) is 5.41 Å². The predicted molar refractivity (Wildman–Crippen MR) is 96.6 cm³/mol. The molecule has 4 rings (SSSR count). The number of halogens is 2. The summed E-state index contributed by atoms with van der Waals surface area (Å²) in [5.41, 5.74) is 8.69. The summed E-state index contributed by atoms with van der Waals surface area (Å²) < 4.78 is 2.41. The van der Waals surface area contributed by atoms with Crippen molar-refractivity contribution in [2.24, 2.45) is 0 Å². The molecule has 0 amide bonds. The van der Waals surface area contributed by atoms with E-state index in [2.05, 4.69) is 82.1 Å². The molecule has 0 nitrogen and oxygen atoms in total. The molecule has 0 aromatic heterocycles.